The van der Waals surface area contributed by atoms with Crippen LogP contribution in [0.4, 0.5) is 0 Å². The Hall–Kier alpha value is -2.60. The SMILES string of the molecule is CCc1cc2c(Oc3ccc4nccnc4c3)ncnc2s1. The van der Waals surface area contributed by atoms with Gasteiger partial charge >= 0.3 is 0 Å². The molecule has 5 nitrogen and oxygen atoms in total. The molecule has 0 saturated heterocycles. The molecule has 1 aromatic carbocycles. The molecule has 3 heterocycles. The summed E-state index contributed by atoms with van der Waals surface area (Å²) in [5.41, 5.74) is 1.64. The number of hydrogen-bond donors (Lipinski definition) is 0. The quantitative estimate of drug-likeness (QED) is 0.572. The second-order valence-electron chi connectivity index (χ2n) is 4.77. The molecular formula is C16H12N4OS. The van der Waals surface area contributed by atoms with E-state index in [9.17, 15) is 0 Å². The standard InChI is InChI=1S/C16H12N4OS/c1-2-11-8-12-15(19-9-20-16(12)22-11)21-10-3-4-13-14(7-10)18-6-5-17-13/h3-9H,2H2,1H3. The van der Waals surface area contributed by atoms with Gasteiger partial charge in [-0.2, -0.15) is 0 Å². The first-order valence-corrected chi connectivity index (χ1v) is 7.77. The molecule has 0 saturated carbocycles. The average molecular weight is 308 g/mol. The van der Waals surface area contributed by atoms with Crippen molar-refractivity contribution in [3.8, 4) is 11.6 Å². The summed E-state index contributed by atoms with van der Waals surface area (Å²) in [4.78, 5) is 19.3. The van der Waals surface area contributed by atoms with Gasteiger partial charge in [0.1, 0.15) is 16.9 Å². The van der Waals surface area contributed by atoms with Crippen LogP contribution >= 0.6 is 11.3 Å². The van der Waals surface area contributed by atoms with Crippen LogP contribution in [-0.4, -0.2) is 19.9 Å². The summed E-state index contributed by atoms with van der Waals surface area (Å²) in [7, 11) is 0. The first-order chi connectivity index (χ1) is 10.8. The molecule has 6 heteroatoms. The van der Waals surface area contributed by atoms with E-state index in [1.807, 2.05) is 18.2 Å². The van der Waals surface area contributed by atoms with Gasteiger partial charge in [0.05, 0.1) is 16.4 Å². The fourth-order valence-electron chi connectivity index (χ4n) is 2.26. The third-order valence-electron chi connectivity index (χ3n) is 3.35. The lowest BCUT2D eigenvalue weighted by atomic mass is 10.3. The van der Waals surface area contributed by atoms with Crippen LogP contribution in [0, 0.1) is 0 Å². The van der Waals surface area contributed by atoms with Crippen LogP contribution in [0.3, 0.4) is 0 Å². The van der Waals surface area contributed by atoms with Crippen LogP contribution in [0.15, 0.2) is 43.0 Å². The Morgan fingerprint density at radius 2 is 1.86 bits per heavy atom. The van der Waals surface area contributed by atoms with Crippen molar-refractivity contribution in [2.24, 2.45) is 0 Å². The van der Waals surface area contributed by atoms with E-state index in [0.717, 1.165) is 27.7 Å². The van der Waals surface area contributed by atoms with Gasteiger partial charge in [0.15, 0.2) is 0 Å². The average Bonchev–Trinajstić information content (AvgIpc) is 2.99. The van der Waals surface area contributed by atoms with Gasteiger partial charge in [-0.3, -0.25) is 9.97 Å². The van der Waals surface area contributed by atoms with Crippen molar-refractivity contribution < 1.29 is 4.74 Å². The van der Waals surface area contributed by atoms with E-state index in [2.05, 4.69) is 32.9 Å². The minimum atomic E-state index is 0.573. The highest BCUT2D eigenvalue weighted by Gasteiger charge is 2.10. The molecule has 0 unspecified atom stereocenters. The smallest absolute Gasteiger partial charge is 0.231 e. The maximum Gasteiger partial charge on any atom is 0.231 e. The number of thiophene rings is 1. The minimum absolute atomic E-state index is 0.573. The number of aromatic nitrogens is 4. The molecule has 0 aliphatic heterocycles. The van der Waals surface area contributed by atoms with E-state index in [1.165, 1.54) is 11.2 Å². The van der Waals surface area contributed by atoms with Crippen molar-refractivity contribution >= 4 is 32.6 Å². The highest BCUT2D eigenvalue weighted by molar-refractivity contribution is 7.18. The van der Waals surface area contributed by atoms with Gasteiger partial charge in [0.25, 0.3) is 0 Å². The van der Waals surface area contributed by atoms with Gasteiger partial charge < -0.3 is 4.74 Å². The number of aryl methyl sites for hydroxylation is 1. The molecule has 0 fully saturated rings. The van der Waals surface area contributed by atoms with E-state index in [0.29, 0.717) is 11.6 Å². The van der Waals surface area contributed by atoms with Gasteiger partial charge in [-0.15, -0.1) is 11.3 Å². The van der Waals surface area contributed by atoms with Crippen LogP contribution in [0.1, 0.15) is 11.8 Å². The summed E-state index contributed by atoms with van der Waals surface area (Å²) in [5, 5.41) is 0.948. The molecule has 0 N–H and O–H groups in total. The molecule has 0 radical (unpaired) electrons. The summed E-state index contributed by atoms with van der Waals surface area (Å²) < 4.78 is 5.95. The number of fused-ring (bicyclic) bond motifs is 2. The summed E-state index contributed by atoms with van der Waals surface area (Å²) in [6.45, 7) is 2.13. The molecule has 0 amide bonds. The Labute approximate surface area is 130 Å². The Bertz CT molecular complexity index is 967. The Morgan fingerprint density at radius 3 is 2.73 bits per heavy atom. The molecule has 0 atom stereocenters. The van der Waals surface area contributed by atoms with E-state index in [4.69, 9.17) is 4.74 Å². The summed E-state index contributed by atoms with van der Waals surface area (Å²) in [6, 6.07) is 7.72. The number of hydrogen-bond acceptors (Lipinski definition) is 6. The minimum Gasteiger partial charge on any atom is -0.438 e. The summed E-state index contributed by atoms with van der Waals surface area (Å²) in [6.07, 6.45) is 5.86. The topological polar surface area (TPSA) is 60.8 Å². The Kier molecular flexibility index (Phi) is 3.16. The molecule has 4 aromatic rings. The monoisotopic (exact) mass is 308 g/mol. The molecule has 0 aliphatic rings. The van der Waals surface area contributed by atoms with Gasteiger partial charge in [-0.1, -0.05) is 6.92 Å². The third kappa shape index (κ3) is 2.27. The van der Waals surface area contributed by atoms with Crippen molar-refractivity contribution in [3.05, 3.63) is 47.9 Å². The Balaban J connectivity index is 1.76. The van der Waals surface area contributed by atoms with Crippen LogP contribution in [-0.2, 0) is 6.42 Å². The molecule has 0 spiro atoms. The lowest BCUT2D eigenvalue weighted by molar-refractivity contribution is 0.469. The van der Waals surface area contributed by atoms with E-state index in [-0.39, 0.29) is 0 Å². The summed E-state index contributed by atoms with van der Waals surface area (Å²) >= 11 is 1.67. The zero-order chi connectivity index (χ0) is 14.9. The number of rotatable bonds is 3. The number of ether oxygens (including phenoxy) is 1. The molecule has 4 rings (SSSR count). The second kappa shape index (κ2) is 5.31. The van der Waals surface area contributed by atoms with Crippen molar-refractivity contribution in [2.45, 2.75) is 13.3 Å². The molecule has 22 heavy (non-hydrogen) atoms. The third-order valence-corrected chi connectivity index (χ3v) is 4.54. The Morgan fingerprint density at radius 1 is 1.00 bits per heavy atom. The molecular weight excluding hydrogens is 296 g/mol. The lowest BCUT2D eigenvalue weighted by Crippen LogP contribution is -1.90. The zero-order valence-electron chi connectivity index (χ0n) is 11.9. The van der Waals surface area contributed by atoms with Gasteiger partial charge in [0.2, 0.25) is 5.88 Å². The van der Waals surface area contributed by atoms with Crippen molar-refractivity contribution in [1.29, 1.82) is 0 Å². The van der Waals surface area contributed by atoms with Crippen molar-refractivity contribution in [1.82, 2.24) is 19.9 Å². The fourth-order valence-corrected chi connectivity index (χ4v) is 3.18. The molecule has 108 valence electrons. The predicted molar refractivity (Wildman–Crippen MR) is 86.4 cm³/mol. The van der Waals surface area contributed by atoms with Crippen LogP contribution in [0.2, 0.25) is 0 Å². The lowest BCUT2D eigenvalue weighted by Gasteiger charge is -2.06. The van der Waals surface area contributed by atoms with Gasteiger partial charge in [-0.25, -0.2) is 9.97 Å². The van der Waals surface area contributed by atoms with Gasteiger partial charge in [0, 0.05) is 23.3 Å². The highest BCUT2D eigenvalue weighted by Crippen LogP contribution is 2.32. The first-order valence-electron chi connectivity index (χ1n) is 6.95. The van der Waals surface area contributed by atoms with E-state index >= 15 is 0 Å². The molecule has 0 aliphatic carbocycles. The predicted octanol–water partition coefficient (Wildman–Crippen LogP) is 3.99. The van der Waals surface area contributed by atoms with Gasteiger partial charge in [-0.05, 0) is 24.6 Å². The van der Waals surface area contributed by atoms with E-state index in [1.54, 1.807) is 23.7 Å². The normalized spacial score (nSPS) is 11.1. The van der Waals surface area contributed by atoms with Crippen molar-refractivity contribution in [3.63, 3.8) is 0 Å². The maximum absolute atomic E-state index is 5.95. The van der Waals surface area contributed by atoms with Crippen LogP contribution in [0.25, 0.3) is 21.3 Å². The second-order valence-corrected chi connectivity index (χ2v) is 5.89. The number of benzene rings is 1. The largest absolute Gasteiger partial charge is 0.438 e. The molecule has 3 aromatic heterocycles. The highest BCUT2D eigenvalue weighted by atomic mass is 32.1. The number of nitrogens with zero attached hydrogens (tertiary/aromatic N) is 4. The maximum atomic E-state index is 5.95. The molecule has 0 bridgehead atoms. The van der Waals surface area contributed by atoms with Crippen molar-refractivity contribution in [2.75, 3.05) is 0 Å². The zero-order valence-corrected chi connectivity index (χ0v) is 12.7. The fraction of sp³-hybridized carbons (Fsp3) is 0.125. The summed E-state index contributed by atoms with van der Waals surface area (Å²) in [5.74, 6) is 1.27. The van der Waals surface area contributed by atoms with E-state index < -0.39 is 0 Å². The van der Waals surface area contributed by atoms with Crippen LogP contribution in [0.5, 0.6) is 11.6 Å². The first kappa shape index (κ1) is 13.1. The van der Waals surface area contributed by atoms with Crippen LogP contribution < -0.4 is 4.74 Å².